The quantitative estimate of drug-likeness (QED) is 0.851. The maximum absolute atomic E-state index is 11.2. The lowest BCUT2D eigenvalue weighted by atomic mass is 10.1. The Hall–Kier alpha value is -2.01. The van der Waals surface area contributed by atoms with Gasteiger partial charge >= 0.3 is 5.97 Å². The molecule has 20 heavy (non-hydrogen) atoms. The molecule has 1 heterocycles. The van der Waals surface area contributed by atoms with Gasteiger partial charge < -0.3 is 9.84 Å². The monoisotopic (exact) mass is 289 g/mol. The molecule has 5 heteroatoms. The molecule has 2 rings (SSSR count). The molecule has 0 saturated carbocycles. The molecule has 1 N–H and O–H groups in total. The number of methoxy groups -OCH3 is 1. The maximum atomic E-state index is 11.2. The molecule has 0 aliphatic heterocycles. The Kier molecular flexibility index (Phi) is 4.63. The molecule has 0 radical (unpaired) electrons. The SMILES string of the molecule is COc1cccc(C(C)Sc2ncccc2C(=O)O)c1. The van der Waals surface area contributed by atoms with Crippen molar-refractivity contribution in [2.45, 2.75) is 17.2 Å². The molecule has 1 unspecified atom stereocenters. The van der Waals surface area contributed by atoms with Gasteiger partial charge in [0.05, 0.1) is 12.7 Å². The van der Waals surface area contributed by atoms with Crippen molar-refractivity contribution in [3.8, 4) is 5.75 Å². The third kappa shape index (κ3) is 3.30. The van der Waals surface area contributed by atoms with Crippen molar-refractivity contribution in [1.82, 2.24) is 4.98 Å². The normalized spacial score (nSPS) is 11.9. The van der Waals surface area contributed by atoms with Gasteiger partial charge in [-0.2, -0.15) is 0 Å². The molecule has 1 aromatic carbocycles. The lowest BCUT2D eigenvalue weighted by Gasteiger charge is -2.13. The van der Waals surface area contributed by atoms with Crippen LogP contribution in [0, 0.1) is 0 Å². The molecular weight excluding hydrogens is 274 g/mol. The van der Waals surface area contributed by atoms with Crippen LogP contribution in [0.4, 0.5) is 0 Å². The molecule has 0 fully saturated rings. The number of hydrogen-bond acceptors (Lipinski definition) is 4. The number of carbonyl (C=O) groups is 1. The first kappa shape index (κ1) is 14.4. The van der Waals surface area contributed by atoms with Gasteiger partial charge in [0.2, 0.25) is 0 Å². The van der Waals surface area contributed by atoms with Crippen LogP contribution < -0.4 is 4.74 Å². The molecule has 0 aliphatic rings. The molecule has 1 atom stereocenters. The van der Waals surface area contributed by atoms with Gasteiger partial charge in [0.25, 0.3) is 0 Å². The smallest absolute Gasteiger partial charge is 0.338 e. The van der Waals surface area contributed by atoms with Gasteiger partial charge in [-0.05, 0) is 36.8 Å². The van der Waals surface area contributed by atoms with Crippen LogP contribution in [0.25, 0.3) is 0 Å². The number of carboxylic acid groups (broad SMARTS) is 1. The van der Waals surface area contributed by atoms with E-state index in [4.69, 9.17) is 9.84 Å². The second-order valence-electron chi connectivity index (χ2n) is 4.20. The van der Waals surface area contributed by atoms with E-state index in [9.17, 15) is 4.79 Å². The van der Waals surface area contributed by atoms with E-state index in [1.54, 1.807) is 25.4 Å². The fourth-order valence-electron chi connectivity index (χ4n) is 1.78. The van der Waals surface area contributed by atoms with Crippen molar-refractivity contribution in [2.75, 3.05) is 7.11 Å². The van der Waals surface area contributed by atoms with Gasteiger partial charge in [-0.3, -0.25) is 0 Å². The molecule has 0 amide bonds. The van der Waals surface area contributed by atoms with Crippen LogP contribution in [0.3, 0.4) is 0 Å². The van der Waals surface area contributed by atoms with E-state index in [0.717, 1.165) is 11.3 Å². The zero-order chi connectivity index (χ0) is 14.5. The van der Waals surface area contributed by atoms with E-state index in [1.807, 2.05) is 31.2 Å². The Morgan fingerprint density at radius 1 is 1.35 bits per heavy atom. The predicted molar refractivity (Wildman–Crippen MR) is 78.5 cm³/mol. The van der Waals surface area contributed by atoms with Crippen LogP contribution in [0.2, 0.25) is 0 Å². The molecule has 4 nitrogen and oxygen atoms in total. The number of benzene rings is 1. The minimum absolute atomic E-state index is 0.0816. The number of ether oxygens (including phenoxy) is 1. The number of aromatic nitrogens is 1. The van der Waals surface area contributed by atoms with Gasteiger partial charge in [0.15, 0.2) is 0 Å². The summed E-state index contributed by atoms with van der Waals surface area (Å²) in [6.07, 6.45) is 1.60. The minimum Gasteiger partial charge on any atom is -0.497 e. The van der Waals surface area contributed by atoms with Crippen molar-refractivity contribution in [3.63, 3.8) is 0 Å². The van der Waals surface area contributed by atoms with Gasteiger partial charge in [0, 0.05) is 11.4 Å². The summed E-state index contributed by atoms with van der Waals surface area (Å²) in [4.78, 5) is 15.3. The summed E-state index contributed by atoms with van der Waals surface area (Å²) in [5.74, 6) is -0.173. The van der Waals surface area contributed by atoms with Gasteiger partial charge in [-0.15, -0.1) is 0 Å². The minimum atomic E-state index is -0.960. The number of hydrogen-bond donors (Lipinski definition) is 1. The average molecular weight is 289 g/mol. The molecule has 1 aromatic heterocycles. The number of carboxylic acids is 1. The van der Waals surface area contributed by atoms with E-state index < -0.39 is 5.97 Å². The molecule has 0 spiro atoms. The van der Waals surface area contributed by atoms with Gasteiger partial charge in [-0.25, -0.2) is 9.78 Å². The highest BCUT2D eigenvalue weighted by Crippen LogP contribution is 2.36. The third-order valence-electron chi connectivity index (χ3n) is 2.85. The lowest BCUT2D eigenvalue weighted by Crippen LogP contribution is -2.01. The highest BCUT2D eigenvalue weighted by atomic mass is 32.2. The summed E-state index contributed by atoms with van der Waals surface area (Å²) in [5.41, 5.74) is 1.29. The summed E-state index contributed by atoms with van der Waals surface area (Å²) in [6, 6.07) is 10.9. The second-order valence-corrected chi connectivity index (χ2v) is 5.53. The zero-order valence-electron chi connectivity index (χ0n) is 11.2. The zero-order valence-corrected chi connectivity index (χ0v) is 12.1. The maximum Gasteiger partial charge on any atom is 0.338 e. The summed E-state index contributed by atoms with van der Waals surface area (Å²) in [5, 5.41) is 9.76. The molecule has 0 bridgehead atoms. The molecule has 0 saturated heterocycles. The Morgan fingerprint density at radius 3 is 2.85 bits per heavy atom. The van der Waals surface area contributed by atoms with Crippen molar-refractivity contribution >= 4 is 17.7 Å². The van der Waals surface area contributed by atoms with Gasteiger partial charge in [0.1, 0.15) is 10.8 Å². The number of thioether (sulfide) groups is 1. The van der Waals surface area contributed by atoms with Crippen molar-refractivity contribution in [3.05, 3.63) is 53.7 Å². The topological polar surface area (TPSA) is 59.4 Å². The predicted octanol–water partition coefficient (Wildman–Crippen LogP) is 3.64. The third-order valence-corrected chi connectivity index (χ3v) is 4.03. The Morgan fingerprint density at radius 2 is 2.15 bits per heavy atom. The van der Waals surface area contributed by atoms with Crippen LogP contribution in [0.1, 0.15) is 28.1 Å². The number of aromatic carboxylic acids is 1. The van der Waals surface area contributed by atoms with Crippen molar-refractivity contribution in [2.24, 2.45) is 0 Å². The second kappa shape index (κ2) is 6.43. The van der Waals surface area contributed by atoms with Crippen LogP contribution in [0.15, 0.2) is 47.6 Å². The fraction of sp³-hybridized carbons (Fsp3) is 0.200. The Bertz CT molecular complexity index is 616. The number of rotatable bonds is 5. The molecule has 2 aromatic rings. The van der Waals surface area contributed by atoms with Crippen LogP contribution in [-0.4, -0.2) is 23.2 Å². The highest BCUT2D eigenvalue weighted by Gasteiger charge is 2.15. The molecule has 104 valence electrons. The first-order valence-electron chi connectivity index (χ1n) is 6.10. The summed E-state index contributed by atoms with van der Waals surface area (Å²) in [7, 11) is 1.62. The fourth-order valence-corrected chi connectivity index (χ4v) is 2.80. The van der Waals surface area contributed by atoms with E-state index in [0.29, 0.717) is 5.03 Å². The van der Waals surface area contributed by atoms with E-state index in [-0.39, 0.29) is 10.8 Å². The highest BCUT2D eigenvalue weighted by molar-refractivity contribution is 7.99. The van der Waals surface area contributed by atoms with E-state index in [1.165, 1.54) is 11.8 Å². The van der Waals surface area contributed by atoms with E-state index in [2.05, 4.69) is 4.98 Å². The number of pyridine rings is 1. The van der Waals surface area contributed by atoms with Gasteiger partial charge in [-0.1, -0.05) is 23.9 Å². The summed E-state index contributed by atoms with van der Waals surface area (Å²) in [6.45, 7) is 2.01. The summed E-state index contributed by atoms with van der Waals surface area (Å²) < 4.78 is 5.20. The Labute approximate surface area is 121 Å². The average Bonchev–Trinajstić information content (AvgIpc) is 2.47. The summed E-state index contributed by atoms with van der Waals surface area (Å²) >= 11 is 1.42. The molecular formula is C15H15NO3S. The number of nitrogens with zero attached hydrogens (tertiary/aromatic N) is 1. The first-order valence-corrected chi connectivity index (χ1v) is 6.98. The largest absolute Gasteiger partial charge is 0.497 e. The Balaban J connectivity index is 2.23. The van der Waals surface area contributed by atoms with Crippen LogP contribution in [-0.2, 0) is 0 Å². The molecule has 0 aliphatic carbocycles. The lowest BCUT2D eigenvalue weighted by molar-refractivity contribution is 0.0692. The van der Waals surface area contributed by atoms with Crippen LogP contribution >= 0.6 is 11.8 Å². The standard InChI is InChI=1S/C15H15NO3S/c1-10(11-5-3-6-12(9-11)19-2)20-14-13(15(17)18)7-4-8-16-14/h3-10H,1-2H3,(H,17,18). The van der Waals surface area contributed by atoms with Crippen molar-refractivity contribution < 1.29 is 14.6 Å². The first-order chi connectivity index (χ1) is 9.61. The van der Waals surface area contributed by atoms with E-state index >= 15 is 0 Å². The van der Waals surface area contributed by atoms with Crippen LogP contribution in [0.5, 0.6) is 5.75 Å². The van der Waals surface area contributed by atoms with Crippen molar-refractivity contribution in [1.29, 1.82) is 0 Å².